The van der Waals surface area contributed by atoms with Gasteiger partial charge in [0.2, 0.25) is 0 Å². The van der Waals surface area contributed by atoms with E-state index in [4.69, 9.17) is 4.74 Å². The Morgan fingerprint density at radius 2 is 1.78 bits per heavy atom. The minimum atomic E-state index is -0.0868. The van der Waals surface area contributed by atoms with Crippen LogP contribution in [0.1, 0.15) is 48.3 Å². The van der Waals surface area contributed by atoms with E-state index in [2.05, 4.69) is 10.3 Å². The number of carbonyl (C=O) groups is 1. The van der Waals surface area contributed by atoms with Gasteiger partial charge in [-0.3, -0.25) is 4.79 Å². The van der Waals surface area contributed by atoms with Crippen molar-refractivity contribution < 1.29 is 9.53 Å². The molecule has 0 aliphatic heterocycles. The Morgan fingerprint density at radius 1 is 1.07 bits per heavy atom. The fraction of sp³-hybridized carbons (Fsp3) is 0.273. The molecule has 140 valence electrons. The SMILES string of the molecule is CC(C)Oc1ccc(C(C)NC(=O)c2ccc(Cn3ccnc3)cc2)cc1. The van der Waals surface area contributed by atoms with Crippen LogP contribution in [-0.2, 0) is 6.54 Å². The lowest BCUT2D eigenvalue weighted by Gasteiger charge is -2.16. The van der Waals surface area contributed by atoms with Gasteiger partial charge in [-0.05, 0) is 56.2 Å². The van der Waals surface area contributed by atoms with Crippen molar-refractivity contribution in [2.24, 2.45) is 0 Å². The number of rotatable bonds is 7. The van der Waals surface area contributed by atoms with Gasteiger partial charge in [0, 0.05) is 24.5 Å². The van der Waals surface area contributed by atoms with Crippen molar-refractivity contribution in [1.82, 2.24) is 14.9 Å². The van der Waals surface area contributed by atoms with Crippen molar-refractivity contribution >= 4 is 5.91 Å². The predicted octanol–water partition coefficient (Wildman–Crippen LogP) is 4.21. The molecule has 0 bridgehead atoms. The summed E-state index contributed by atoms with van der Waals surface area (Å²) >= 11 is 0. The Hall–Kier alpha value is -3.08. The number of nitrogens with zero attached hydrogens (tertiary/aromatic N) is 2. The molecule has 0 radical (unpaired) electrons. The molecule has 1 aromatic heterocycles. The first-order valence-corrected chi connectivity index (χ1v) is 9.13. The molecule has 1 amide bonds. The molecule has 5 heteroatoms. The molecule has 1 atom stereocenters. The highest BCUT2D eigenvalue weighted by molar-refractivity contribution is 5.94. The minimum Gasteiger partial charge on any atom is -0.491 e. The molecule has 2 aromatic carbocycles. The third kappa shape index (κ3) is 5.20. The average Bonchev–Trinajstić information content (AvgIpc) is 3.15. The van der Waals surface area contributed by atoms with Gasteiger partial charge < -0.3 is 14.6 Å². The van der Waals surface area contributed by atoms with Gasteiger partial charge in [-0.25, -0.2) is 4.98 Å². The van der Waals surface area contributed by atoms with Crippen molar-refractivity contribution in [2.45, 2.75) is 39.5 Å². The summed E-state index contributed by atoms with van der Waals surface area (Å²) in [5, 5.41) is 3.04. The van der Waals surface area contributed by atoms with Crippen LogP contribution in [0.25, 0.3) is 0 Å². The summed E-state index contributed by atoms with van der Waals surface area (Å²) in [7, 11) is 0. The van der Waals surface area contributed by atoms with Crippen molar-refractivity contribution in [2.75, 3.05) is 0 Å². The maximum absolute atomic E-state index is 12.5. The maximum Gasteiger partial charge on any atom is 0.251 e. The molecule has 1 N–H and O–H groups in total. The Bertz CT molecular complexity index is 854. The quantitative estimate of drug-likeness (QED) is 0.684. The number of hydrogen-bond acceptors (Lipinski definition) is 3. The summed E-state index contributed by atoms with van der Waals surface area (Å²) < 4.78 is 7.64. The largest absolute Gasteiger partial charge is 0.491 e. The lowest BCUT2D eigenvalue weighted by molar-refractivity contribution is 0.0940. The number of amides is 1. The second-order valence-electron chi connectivity index (χ2n) is 6.86. The van der Waals surface area contributed by atoms with E-state index in [1.807, 2.05) is 80.1 Å². The summed E-state index contributed by atoms with van der Waals surface area (Å²) in [5.74, 6) is 0.750. The lowest BCUT2D eigenvalue weighted by atomic mass is 10.1. The van der Waals surface area contributed by atoms with E-state index in [0.29, 0.717) is 5.56 Å². The smallest absolute Gasteiger partial charge is 0.251 e. The summed E-state index contributed by atoms with van der Waals surface area (Å²) in [4.78, 5) is 16.6. The van der Waals surface area contributed by atoms with Gasteiger partial charge in [-0.15, -0.1) is 0 Å². The number of benzene rings is 2. The second-order valence-corrected chi connectivity index (χ2v) is 6.86. The van der Waals surface area contributed by atoms with Gasteiger partial charge in [0.15, 0.2) is 0 Å². The van der Waals surface area contributed by atoms with Crippen LogP contribution in [0.15, 0.2) is 67.3 Å². The minimum absolute atomic E-state index is 0.0841. The summed E-state index contributed by atoms with van der Waals surface area (Å²) in [6, 6.07) is 15.4. The third-order valence-corrected chi connectivity index (χ3v) is 4.24. The molecule has 0 spiro atoms. The Balaban J connectivity index is 1.59. The first-order valence-electron chi connectivity index (χ1n) is 9.13. The molecule has 0 saturated heterocycles. The highest BCUT2D eigenvalue weighted by Gasteiger charge is 2.12. The van der Waals surface area contributed by atoms with Crippen LogP contribution in [0.3, 0.4) is 0 Å². The number of imidazole rings is 1. The summed E-state index contributed by atoms with van der Waals surface area (Å²) in [6.07, 6.45) is 5.59. The van der Waals surface area contributed by atoms with Gasteiger partial charge >= 0.3 is 0 Å². The molecule has 3 rings (SSSR count). The van der Waals surface area contributed by atoms with Gasteiger partial charge in [0.05, 0.1) is 18.5 Å². The predicted molar refractivity (Wildman–Crippen MR) is 106 cm³/mol. The molecule has 5 nitrogen and oxygen atoms in total. The molecule has 0 aliphatic carbocycles. The Kier molecular flexibility index (Phi) is 5.91. The van der Waals surface area contributed by atoms with Gasteiger partial charge in [0.25, 0.3) is 5.91 Å². The highest BCUT2D eigenvalue weighted by atomic mass is 16.5. The number of ether oxygens (including phenoxy) is 1. The van der Waals surface area contributed by atoms with Gasteiger partial charge in [-0.2, -0.15) is 0 Å². The van der Waals surface area contributed by atoms with Crippen molar-refractivity contribution in [1.29, 1.82) is 0 Å². The standard InChI is InChI=1S/C22H25N3O2/c1-16(2)27-21-10-8-19(9-11-21)17(3)24-22(26)20-6-4-18(5-7-20)14-25-13-12-23-15-25/h4-13,15-17H,14H2,1-3H3,(H,24,26). The van der Waals surface area contributed by atoms with E-state index in [0.717, 1.165) is 23.4 Å². The molecule has 1 heterocycles. The normalized spacial score (nSPS) is 12.0. The number of hydrogen-bond donors (Lipinski definition) is 1. The number of nitrogens with one attached hydrogen (secondary N) is 1. The molecule has 27 heavy (non-hydrogen) atoms. The lowest BCUT2D eigenvalue weighted by Crippen LogP contribution is -2.26. The Morgan fingerprint density at radius 3 is 2.37 bits per heavy atom. The van der Waals surface area contributed by atoms with E-state index in [1.54, 1.807) is 12.5 Å². The van der Waals surface area contributed by atoms with E-state index in [9.17, 15) is 4.79 Å². The van der Waals surface area contributed by atoms with Crippen molar-refractivity contribution in [3.63, 3.8) is 0 Å². The van der Waals surface area contributed by atoms with Crippen LogP contribution in [-0.4, -0.2) is 21.6 Å². The van der Waals surface area contributed by atoms with E-state index in [-0.39, 0.29) is 18.1 Å². The van der Waals surface area contributed by atoms with E-state index in [1.165, 1.54) is 0 Å². The molecule has 1 unspecified atom stereocenters. The zero-order chi connectivity index (χ0) is 19.2. The molecular formula is C22H25N3O2. The van der Waals surface area contributed by atoms with Crippen molar-refractivity contribution in [3.8, 4) is 5.75 Å². The number of carbonyl (C=O) groups excluding carboxylic acids is 1. The second kappa shape index (κ2) is 8.54. The maximum atomic E-state index is 12.5. The van der Waals surface area contributed by atoms with Crippen LogP contribution < -0.4 is 10.1 Å². The first-order chi connectivity index (χ1) is 13.0. The van der Waals surface area contributed by atoms with Crippen LogP contribution in [0, 0.1) is 0 Å². The zero-order valence-corrected chi connectivity index (χ0v) is 15.9. The van der Waals surface area contributed by atoms with Crippen LogP contribution >= 0.6 is 0 Å². The van der Waals surface area contributed by atoms with Crippen LogP contribution in [0.4, 0.5) is 0 Å². The molecule has 0 saturated carbocycles. The fourth-order valence-electron chi connectivity index (χ4n) is 2.82. The summed E-state index contributed by atoms with van der Waals surface area (Å²) in [5.41, 5.74) is 2.81. The highest BCUT2D eigenvalue weighted by Crippen LogP contribution is 2.19. The van der Waals surface area contributed by atoms with Gasteiger partial charge in [-0.1, -0.05) is 24.3 Å². The topological polar surface area (TPSA) is 56.1 Å². The summed E-state index contributed by atoms with van der Waals surface area (Å²) in [6.45, 7) is 6.71. The van der Waals surface area contributed by atoms with Gasteiger partial charge in [0.1, 0.15) is 5.75 Å². The molecule has 3 aromatic rings. The molecule has 0 fully saturated rings. The molecular weight excluding hydrogens is 338 g/mol. The first kappa shape index (κ1) is 18.7. The average molecular weight is 363 g/mol. The van der Waals surface area contributed by atoms with E-state index >= 15 is 0 Å². The van der Waals surface area contributed by atoms with Crippen LogP contribution in [0.2, 0.25) is 0 Å². The fourth-order valence-corrected chi connectivity index (χ4v) is 2.82. The van der Waals surface area contributed by atoms with E-state index < -0.39 is 0 Å². The van der Waals surface area contributed by atoms with Crippen molar-refractivity contribution in [3.05, 3.63) is 83.9 Å². The third-order valence-electron chi connectivity index (χ3n) is 4.24. The Labute approximate surface area is 160 Å². The van der Waals surface area contributed by atoms with Crippen LogP contribution in [0.5, 0.6) is 5.75 Å². The molecule has 0 aliphatic rings. The monoisotopic (exact) mass is 363 g/mol. The number of aromatic nitrogens is 2. The zero-order valence-electron chi connectivity index (χ0n) is 15.9.